The molecule has 0 atom stereocenters. The third-order valence-electron chi connectivity index (χ3n) is 3.91. The van der Waals surface area contributed by atoms with Gasteiger partial charge in [0.25, 0.3) is 0 Å². The summed E-state index contributed by atoms with van der Waals surface area (Å²) in [6.07, 6.45) is 3.17. The zero-order valence-electron chi connectivity index (χ0n) is 12.8. The second kappa shape index (κ2) is 6.70. The molecular formula is C16H15ClN6S. The van der Waals surface area contributed by atoms with Crippen LogP contribution in [-0.2, 0) is 0 Å². The number of piperazine rings is 1. The van der Waals surface area contributed by atoms with Crippen molar-refractivity contribution >= 4 is 33.8 Å². The van der Waals surface area contributed by atoms with E-state index in [-0.39, 0.29) is 0 Å². The van der Waals surface area contributed by atoms with Gasteiger partial charge in [-0.25, -0.2) is 4.98 Å². The second-order valence-electron chi connectivity index (χ2n) is 5.43. The summed E-state index contributed by atoms with van der Waals surface area (Å²) in [6.45, 7) is 3.78. The third kappa shape index (κ3) is 3.18. The molecule has 8 heteroatoms. The molecule has 1 aliphatic rings. The summed E-state index contributed by atoms with van der Waals surface area (Å²) in [4.78, 5) is 12.9. The maximum absolute atomic E-state index is 5.89. The highest BCUT2D eigenvalue weighted by atomic mass is 35.5. The highest BCUT2D eigenvalue weighted by Gasteiger charge is 2.21. The molecule has 122 valence electrons. The minimum Gasteiger partial charge on any atom is -0.368 e. The molecule has 2 aromatic heterocycles. The van der Waals surface area contributed by atoms with Gasteiger partial charge in [-0.05, 0) is 12.1 Å². The Bertz CT molecular complexity index is 816. The Morgan fingerprint density at radius 3 is 2.42 bits per heavy atom. The monoisotopic (exact) mass is 358 g/mol. The van der Waals surface area contributed by atoms with Crippen LogP contribution in [0.3, 0.4) is 0 Å². The predicted octanol–water partition coefficient (Wildman–Crippen LogP) is 2.98. The first kappa shape index (κ1) is 15.3. The fourth-order valence-corrected chi connectivity index (χ4v) is 3.68. The summed E-state index contributed by atoms with van der Waals surface area (Å²) in [5, 5.41) is 10.6. The van der Waals surface area contributed by atoms with Crippen molar-refractivity contribution in [2.75, 3.05) is 36.0 Å². The molecule has 1 saturated heterocycles. The normalized spacial score (nSPS) is 14.9. The van der Waals surface area contributed by atoms with Crippen LogP contribution in [0, 0.1) is 0 Å². The van der Waals surface area contributed by atoms with E-state index in [4.69, 9.17) is 11.6 Å². The van der Waals surface area contributed by atoms with E-state index in [1.165, 1.54) is 23.2 Å². The van der Waals surface area contributed by atoms with Gasteiger partial charge in [0.05, 0.1) is 12.4 Å². The Balaban J connectivity index is 1.45. The lowest BCUT2D eigenvalue weighted by atomic mass is 10.2. The summed E-state index contributed by atoms with van der Waals surface area (Å²) in [5.74, 6) is 0. The highest BCUT2D eigenvalue weighted by Crippen LogP contribution is 2.28. The number of halogens is 1. The van der Waals surface area contributed by atoms with Crippen molar-refractivity contribution in [2.24, 2.45) is 0 Å². The topological polar surface area (TPSA) is 58.0 Å². The van der Waals surface area contributed by atoms with Gasteiger partial charge in [0.1, 0.15) is 10.8 Å². The summed E-state index contributed by atoms with van der Waals surface area (Å²) in [7, 11) is 0. The molecule has 4 rings (SSSR count). The molecule has 3 heterocycles. The maximum Gasteiger partial charge on any atom is 0.208 e. The Morgan fingerprint density at radius 1 is 0.917 bits per heavy atom. The second-order valence-corrected chi connectivity index (χ2v) is 6.77. The van der Waals surface area contributed by atoms with Crippen LogP contribution >= 0.6 is 22.9 Å². The van der Waals surface area contributed by atoms with E-state index in [1.54, 1.807) is 6.20 Å². The molecule has 1 aliphatic heterocycles. The Labute approximate surface area is 148 Å². The van der Waals surface area contributed by atoms with Crippen LogP contribution in [0.5, 0.6) is 0 Å². The maximum atomic E-state index is 5.89. The minimum atomic E-state index is 0.362. The Morgan fingerprint density at radius 2 is 1.67 bits per heavy atom. The molecular weight excluding hydrogens is 344 g/mol. The molecule has 0 amide bonds. The standard InChI is InChI=1S/C16H15ClN6S/c17-14-11-18-10-13(19-14)15-20-21-16(24-15)23-8-6-22(7-9-23)12-4-2-1-3-5-12/h1-5,10-11H,6-9H2. The minimum absolute atomic E-state index is 0.362. The van der Waals surface area contributed by atoms with Gasteiger partial charge in [0.15, 0.2) is 5.01 Å². The van der Waals surface area contributed by atoms with Gasteiger partial charge in [-0.2, -0.15) is 0 Å². The van der Waals surface area contributed by atoms with Gasteiger partial charge in [0, 0.05) is 31.9 Å². The van der Waals surface area contributed by atoms with Crippen LogP contribution in [0.4, 0.5) is 10.8 Å². The van der Waals surface area contributed by atoms with Crippen LogP contribution in [0.25, 0.3) is 10.7 Å². The fraction of sp³-hybridized carbons (Fsp3) is 0.250. The van der Waals surface area contributed by atoms with Crippen molar-refractivity contribution in [2.45, 2.75) is 0 Å². The van der Waals surface area contributed by atoms with Gasteiger partial charge in [0.2, 0.25) is 5.13 Å². The van der Waals surface area contributed by atoms with Gasteiger partial charge in [-0.3, -0.25) is 4.98 Å². The van der Waals surface area contributed by atoms with Gasteiger partial charge < -0.3 is 9.80 Å². The van der Waals surface area contributed by atoms with Crippen molar-refractivity contribution < 1.29 is 0 Å². The predicted molar refractivity (Wildman–Crippen MR) is 96.8 cm³/mol. The van der Waals surface area contributed by atoms with E-state index in [0.717, 1.165) is 36.3 Å². The van der Waals surface area contributed by atoms with Crippen LogP contribution in [0.1, 0.15) is 0 Å². The van der Waals surface area contributed by atoms with E-state index in [0.29, 0.717) is 10.8 Å². The lowest BCUT2D eigenvalue weighted by Gasteiger charge is -2.35. The first-order chi connectivity index (χ1) is 11.8. The molecule has 0 saturated carbocycles. The third-order valence-corrected chi connectivity index (χ3v) is 5.10. The van der Waals surface area contributed by atoms with Crippen molar-refractivity contribution in [1.82, 2.24) is 20.2 Å². The molecule has 24 heavy (non-hydrogen) atoms. The molecule has 0 bridgehead atoms. The van der Waals surface area contributed by atoms with Gasteiger partial charge in [-0.1, -0.05) is 41.1 Å². The van der Waals surface area contributed by atoms with E-state index < -0.39 is 0 Å². The number of para-hydroxylation sites is 1. The highest BCUT2D eigenvalue weighted by molar-refractivity contribution is 7.18. The summed E-state index contributed by atoms with van der Waals surface area (Å²) in [5.41, 5.74) is 1.93. The number of nitrogens with zero attached hydrogens (tertiary/aromatic N) is 6. The van der Waals surface area contributed by atoms with Gasteiger partial charge in [-0.15, -0.1) is 10.2 Å². The summed E-state index contributed by atoms with van der Waals surface area (Å²) >= 11 is 7.41. The fourth-order valence-electron chi connectivity index (χ4n) is 2.69. The molecule has 3 aromatic rings. The number of rotatable bonds is 3. The molecule has 1 fully saturated rings. The largest absolute Gasteiger partial charge is 0.368 e. The van der Waals surface area contributed by atoms with Gasteiger partial charge >= 0.3 is 0 Å². The number of anilines is 2. The Hall–Kier alpha value is -2.25. The van der Waals surface area contributed by atoms with Crippen molar-refractivity contribution in [3.05, 3.63) is 47.9 Å². The van der Waals surface area contributed by atoms with E-state index in [9.17, 15) is 0 Å². The van der Waals surface area contributed by atoms with E-state index in [1.807, 2.05) is 6.07 Å². The van der Waals surface area contributed by atoms with Crippen molar-refractivity contribution in [1.29, 1.82) is 0 Å². The number of hydrogen-bond donors (Lipinski definition) is 0. The van der Waals surface area contributed by atoms with Crippen LogP contribution < -0.4 is 9.80 Å². The lowest BCUT2D eigenvalue weighted by Crippen LogP contribution is -2.46. The van der Waals surface area contributed by atoms with E-state index in [2.05, 4.69) is 54.2 Å². The molecule has 0 aliphatic carbocycles. The van der Waals surface area contributed by atoms with Crippen molar-refractivity contribution in [3.8, 4) is 10.7 Å². The van der Waals surface area contributed by atoms with E-state index >= 15 is 0 Å². The zero-order valence-corrected chi connectivity index (χ0v) is 14.4. The zero-order chi connectivity index (χ0) is 16.4. The molecule has 6 nitrogen and oxygen atoms in total. The first-order valence-corrected chi connectivity index (χ1v) is 8.85. The molecule has 0 N–H and O–H groups in total. The van der Waals surface area contributed by atoms with Crippen LogP contribution in [0.2, 0.25) is 5.15 Å². The number of aromatic nitrogens is 4. The quantitative estimate of drug-likeness (QED) is 0.717. The van der Waals surface area contributed by atoms with Crippen LogP contribution in [0.15, 0.2) is 42.7 Å². The summed E-state index contributed by atoms with van der Waals surface area (Å²) in [6, 6.07) is 10.5. The molecule has 0 radical (unpaired) electrons. The van der Waals surface area contributed by atoms with Crippen molar-refractivity contribution in [3.63, 3.8) is 0 Å². The number of benzene rings is 1. The Kier molecular flexibility index (Phi) is 4.27. The molecule has 1 aromatic carbocycles. The molecule has 0 unspecified atom stereocenters. The summed E-state index contributed by atoms with van der Waals surface area (Å²) < 4.78 is 0. The molecule has 0 spiro atoms. The van der Waals surface area contributed by atoms with Crippen LogP contribution in [-0.4, -0.2) is 46.3 Å². The SMILES string of the molecule is Clc1cncc(-c2nnc(N3CCN(c4ccccc4)CC3)s2)n1. The number of hydrogen-bond acceptors (Lipinski definition) is 7. The average Bonchev–Trinajstić information content (AvgIpc) is 3.13. The smallest absolute Gasteiger partial charge is 0.208 e. The average molecular weight is 359 g/mol. The first-order valence-electron chi connectivity index (χ1n) is 7.66. The lowest BCUT2D eigenvalue weighted by molar-refractivity contribution is 0.650.